The van der Waals surface area contributed by atoms with Gasteiger partial charge in [0, 0.05) is 21.3 Å². The molecule has 0 aliphatic carbocycles. The van der Waals surface area contributed by atoms with Gasteiger partial charge >= 0.3 is 0 Å². The van der Waals surface area contributed by atoms with Crippen LogP contribution in [-0.4, -0.2) is 16.1 Å². The largest absolute Gasteiger partial charge is 0.325 e. The fourth-order valence-electron chi connectivity index (χ4n) is 3.43. The monoisotopic (exact) mass is 527 g/mol. The predicted octanol–water partition coefficient (Wildman–Crippen LogP) is 7.48. The van der Waals surface area contributed by atoms with Gasteiger partial charge in [0.05, 0.1) is 16.5 Å². The molecule has 0 aliphatic rings. The van der Waals surface area contributed by atoms with Crippen LogP contribution in [0.5, 0.6) is 0 Å². The highest BCUT2D eigenvalue weighted by Gasteiger charge is 2.21. The van der Waals surface area contributed by atoms with Crippen molar-refractivity contribution < 1.29 is 4.79 Å². The number of thioether (sulfide) groups is 1. The third-order valence-corrected chi connectivity index (χ3v) is 6.91. The van der Waals surface area contributed by atoms with Crippen molar-refractivity contribution in [1.29, 1.82) is 5.26 Å². The molecule has 0 radical (unpaired) electrons. The molecule has 1 atom stereocenters. The van der Waals surface area contributed by atoms with Crippen LogP contribution in [0, 0.1) is 18.3 Å². The number of benzene rings is 3. The summed E-state index contributed by atoms with van der Waals surface area (Å²) in [6, 6.07) is 29.6. The van der Waals surface area contributed by atoms with Crippen molar-refractivity contribution in [3.05, 3.63) is 101 Å². The summed E-state index contributed by atoms with van der Waals surface area (Å²) >= 11 is 4.69. The molecule has 0 aliphatic heterocycles. The Morgan fingerprint density at radius 1 is 1.00 bits per heavy atom. The maximum atomic E-state index is 12.9. The van der Waals surface area contributed by atoms with Gasteiger partial charge in [0.1, 0.15) is 11.1 Å². The molecule has 0 unspecified atom stereocenters. The van der Waals surface area contributed by atoms with Gasteiger partial charge in [-0.2, -0.15) is 5.26 Å². The smallest absolute Gasteiger partial charge is 0.237 e. The minimum atomic E-state index is -0.458. The average molecular weight is 528 g/mol. The number of carbonyl (C=O) groups excluding carboxylic acids is 1. The van der Waals surface area contributed by atoms with E-state index in [0.29, 0.717) is 16.3 Å². The number of rotatable bonds is 6. The SMILES string of the molecule is Cc1ccc(-c2cc(-c3ccccc3)c(C#N)c(S[C@@H](C)C(=O)Nc3ccc(Br)cc3)n2)cc1. The molecule has 1 aromatic heterocycles. The molecule has 4 aromatic rings. The Hall–Kier alpha value is -3.40. The lowest BCUT2D eigenvalue weighted by atomic mass is 9.99. The summed E-state index contributed by atoms with van der Waals surface area (Å²) in [5, 5.41) is 13.1. The summed E-state index contributed by atoms with van der Waals surface area (Å²) in [6.07, 6.45) is 0. The van der Waals surface area contributed by atoms with E-state index < -0.39 is 5.25 Å². The Kier molecular flexibility index (Phi) is 7.46. The van der Waals surface area contributed by atoms with Crippen molar-refractivity contribution in [2.24, 2.45) is 0 Å². The molecule has 1 N–H and O–H groups in total. The zero-order valence-corrected chi connectivity index (χ0v) is 21.2. The number of halogens is 1. The summed E-state index contributed by atoms with van der Waals surface area (Å²) < 4.78 is 0.942. The Balaban J connectivity index is 1.72. The van der Waals surface area contributed by atoms with E-state index in [9.17, 15) is 10.1 Å². The summed E-state index contributed by atoms with van der Waals surface area (Å²) in [4.78, 5) is 17.7. The topological polar surface area (TPSA) is 65.8 Å². The number of carbonyl (C=O) groups is 1. The molecule has 34 heavy (non-hydrogen) atoms. The van der Waals surface area contributed by atoms with E-state index in [2.05, 4.69) is 27.3 Å². The molecule has 3 aromatic carbocycles. The van der Waals surface area contributed by atoms with Crippen LogP contribution < -0.4 is 5.32 Å². The maximum Gasteiger partial charge on any atom is 0.237 e. The second-order valence-corrected chi connectivity index (χ2v) is 10.1. The minimum Gasteiger partial charge on any atom is -0.325 e. The molecule has 4 nitrogen and oxygen atoms in total. The van der Waals surface area contributed by atoms with E-state index in [-0.39, 0.29) is 5.91 Å². The lowest BCUT2D eigenvalue weighted by Gasteiger charge is -2.16. The molecular formula is C28H22BrN3OS. The Morgan fingerprint density at radius 2 is 1.68 bits per heavy atom. The van der Waals surface area contributed by atoms with Crippen LogP contribution in [0.3, 0.4) is 0 Å². The molecule has 0 saturated heterocycles. The summed E-state index contributed by atoms with van der Waals surface area (Å²) in [6.45, 7) is 3.86. The van der Waals surface area contributed by atoms with Crippen molar-refractivity contribution in [3.63, 3.8) is 0 Å². The van der Waals surface area contributed by atoms with Gasteiger partial charge in [0.2, 0.25) is 5.91 Å². The number of nitriles is 1. The molecule has 0 saturated carbocycles. The van der Waals surface area contributed by atoms with Crippen molar-refractivity contribution in [3.8, 4) is 28.5 Å². The van der Waals surface area contributed by atoms with Crippen molar-refractivity contribution >= 4 is 39.3 Å². The first-order valence-electron chi connectivity index (χ1n) is 10.8. The van der Waals surface area contributed by atoms with Gasteiger partial charge in [0.25, 0.3) is 0 Å². The first-order valence-corrected chi connectivity index (χ1v) is 12.4. The van der Waals surface area contributed by atoms with Gasteiger partial charge in [-0.1, -0.05) is 87.9 Å². The second kappa shape index (κ2) is 10.7. The number of aryl methyl sites for hydroxylation is 1. The quantitative estimate of drug-likeness (QED) is 0.264. The average Bonchev–Trinajstić information content (AvgIpc) is 2.86. The van der Waals surface area contributed by atoms with Gasteiger partial charge in [-0.3, -0.25) is 4.79 Å². The molecule has 1 heterocycles. The van der Waals surface area contributed by atoms with Crippen LogP contribution in [0.15, 0.2) is 94.4 Å². The number of pyridine rings is 1. The van der Waals surface area contributed by atoms with Gasteiger partial charge in [-0.05, 0) is 49.7 Å². The van der Waals surface area contributed by atoms with E-state index in [1.165, 1.54) is 11.8 Å². The van der Waals surface area contributed by atoms with E-state index in [4.69, 9.17) is 4.98 Å². The highest BCUT2D eigenvalue weighted by molar-refractivity contribution is 9.10. The summed E-state index contributed by atoms with van der Waals surface area (Å²) in [5.41, 5.74) is 5.80. The summed E-state index contributed by atoms with van der Waals surface area (Å²) in [5.74, 6) is -0.153. The zero-order valence-electron chi connectivity index (χ0n) is 18.7. The molecule has 0 fully saturated rings. The van der Waals surface area contributed by atoms with Crippen LogP contribution in [0.1, 0.15) is 18.1 Å². The molecule has 0 bridgehead atoms. The van der Waals surface area contributed by atoms with E-state index in [0.717, 1.165) is 32.4 Å². The van der Waals surface area contributed by atoms with Gasteiger partial charge < -0.3 is 5.32 Å². The molecule has 6 heteroatoms. The Bertz CT molecular complexity index is 1350. The third kappa shape index (κ3) is 5.56. The third-order valence-electron chi connectivity index (χ3n) is 5.30. The highest BCUT2D eigenvalue weighted by Crippen LogP contribution is 2.36. The Morgan fingerprint density at radius 3 is 2.32 bits per heavy atom. The van der Waals surface area contributed by atoms with E-state index in [1.54, 1.807) is 0 Å². The first-order chi connectivity index (χ1) is 16.4. The standard InChI is InChI=1S/C28H22BrN3OS/c1-18-8-10-21(11-9-18)26-16-24(20-6-4-3-5-7-20)25(17-30)28(32-26)34-19(2)27(33)31-23-14-12-22(29)13-15-23/h3-16,19H,1-2H3,(H,31,33)/t19-/m0/s1. The minimum absolute atomic E-state index is 0.153. The lowest BCUT2D eigenvalue weighted by molar-refractivity contribution is -0.115. The molecule has 1 amide bonds. The number of amides is 1. The van der Waals surface area contributed by atoms with E-state index >= 15 is 0 Å². The van der Waals surface area contributed by atoms with Crippen LogP contribution in [0.2, 0.25) is 0 Å². The molecule has 168 valence electrons. The van der Waals surface area contributed by atoms with Crippen molar-refractivity contribution in [1.82, 2.24) is 4.98 Å². The molecule has 4 rings (SSSR count). The fraction of sp³-hybridized carbons (Fsp3) is 0.107. The highest BCUT2D eigenvalue weighted by atomic mass is 79.9. The van der Waals surface area contributed by atoms with Gasteiger partial charge in [0.15, 0.2) is 0 Å². The number of hydrogen-bond donors (Lipinski definition) is 1. The van der Waals surface area contributed by atoms with Crippen LogP contribution >= 0.6 is 27.7 Å². The number of hydrogen-bond acceptors (Lipinski definition) is 4. The Labute approximate surface area is 212 Å². The van der Waals surface area contributed by atoms with Crippen LogP contribution in [0.4, 0.5) is 5.69 Å². The van der Waals surface area contributed by atoms with Crippen LogP contribution in [0.25, 0.3) is 22.4 Å². The van der Waals surface area contributed by atoms with Crippen LogP contribution in [-0.2, 0) is 4.79 Å². The number of nitrogens with one attached hydrogen (secondary N) is 1. The normalized spacial score (nSPS) is 11.5. The maximum absolute atomic E-state index is 12.9. The fourth-order valence-corrected chi connectivity index (χ4v) is 4.62. The predicted molar refractivity (Wildman–Crippen MR) is 143 cm³/mol. The summed E-state index contributed by atoms with van der Waals surface area (Å²) in [7, 11) is 0. The van der Waals surface area contributed by atoms with E-state index in [1.807, 2.05) is 98.8 Å². The molecular weight excluding hydrogens is 506 g/mol. The van der Waals surface area contributed by atoms with Crippen molar-refractivity contribution in [2.45, 2.75) is 24.1 Å². The lowest BCUT2D eigenvalue weighted by Crippen LogP contribution is -2.22. The number of nitrogens with zero attached hydrogens (tertiary/aromatic N) is 2. The second-order valence-electron chi connectivity index (χ2n) is 7.84. The van der Waals surface area contributed by atoms with Gasteiger partial charge in [-0.25, -0.2) is 4.98 Å². The number of anilines is 1. The van der Waals surface area contributed by atoms with Gasteiger partial charge in [-0.15, -0.1) is 0 Å². The first kappa shape index (κ1) is 23.7. The molecule has 0 spiro atoms. The zero-order chi connectivity index (χ0) is 24.1. The van der Waals surface area contributed by atoms with Crippen molar-refractivity contribution in [2.75, 3.05) is 5.32 Å². The number of aromatic nitrogens is 1.